The van der Waals surface area contributed by atoms with Crippen LogP contribution in [0.3, 0.4) is 0 Å². The average molecular weight is 305 g/mol. The molecule has 1 fully saturated rings. The van der Waals surface area contributed by atoms with Crippen molar-refractivity contribution in [2.75, 3.05) is 19.5 Å². The Morgan fingerprint density at radius 1 is 1.27 bits per heavy atom. The molecule has 1 N–H and O–H groups in total. The molecule has 1 aliphatic rings. The minimum Gasteiger partial charge on any atom is -0.496 e. The summed E-state index contributed by atoms with van der Waals surface area (Å²) in [5.41, 5.74) is 2.14. The van der Waals surface area contributed by atoms with E-state index in [9.17, 15) is 4.79 Å². The van der Waals surface area contributed by atoms with Crippen molar-refractivity contribution in [3.63, 3.8) is 0 Å². The van der Waals surface area contributed by atoms with Gasteiger partial charge in [-0.1, -0.05) is 13.3 Å². The van der Waals surface area contributed by atoms with Crippen molar-refractivity contribution >= 4 is 11.6 Å². The zero-order valence-corrected chi connectivity index (χ0v) is 14.3. The maximum atomic E-state index is 12.8. The summed E-state index contributed by atoms with van der Waals surface area (Å²) >= 11 is 0. The fourth-order valence-electron chi connectivity index (χ4n) is 3.58. The average Bonchev–Trinajstić information content (AvgIpc) is 2.46. The lowest BCUT2D eigenvalue weighted by molar-refractivity contribution is -0.143. The van der Waals surface area contributed by atoms with Crippen molar-refractivity contribution in [3.05, 3.63) is 23.3 Å². The minimum absolute atomic E-state index is 0.0366. The predicted molar refractivity (Wildman–Crippen MR) is 88.5 cm³/mol. The topological polar surface area (TPSA) is 47.6 Å². The molecule has 4 nitrogen and oxygen atoms in total. The summed E-state index contributed by atoms with van der Waals surface area (Å²) in [6.07, 6.45) is 3.76. The van der Waals surface area contributed by atoms with Crippen LogP contribution in [-0.2, 0) is 9.53 Å². The predicted octanol–water partition coefficient (Wildman–Crippen LogP) is 3.85. The van der Waals surface area contributed by atoms with Gasteiger partial charge >= 0.3 is 0 Å². The number of nitrogens with one attached hydrogen (secondary N) is 1. The summed E-state index contributed by atoms with van der Waals surface area (Å²) in [6.45, 7) is 6.15. The van der Waals surface area contributed by atoms with Crippen LogP contribution in [0.5, 0.6) is 5.75 Å². The summed E-state index contributed by atoms with van der Waals surface area (Å²) in [4.78, 5) is 12.8. The molecule has 2 rings (SSSR count). The molecule has 2 atom stereocenters. The molecule has 0 spiro atoms. The van der Waals surface area contributed by atoms with E-state index in [2.05, 4.69) is 12.2 Å². The Morgan fingerprint density at radius 3 is 2.41 bits per heavy atom. The molecular weight excluding hydrogens is 278 g/mol. The van der Waals surface area contributed by atoms with Crippen molar-refractivity contribution in [1.29, 1.82) is 0 Å². The molecule has 1 aliphatic carbocycles. The molecule has 1 amide bonds. The van der Waals surface area contributed by atoms with Crippen LogP contribution in [-0.4, -0.2) is 25.7 Å². The minimum atomic E-state index is -0.695. The maximum Gasteiger partial charge on any atom is 0.256 e. The summed E-state index contributed by atoms with van der Waals surface area (Å²) in [6, 6.07) is 3.89. The molecule has 0 unspecified atom stereocenters. The molecule has 0 aliphatic heterocycles. The largest absolute Gasteiger partial charge is 0.496 e. The lowest BCUT2D eigenvalue weighted by Gasteiger charge is -2.37. The van der Waals surface area contributed by atoms with Crippen molar-refractivity contribution in [1.82, 2.24) is 0 Å². The normalized spacial score (nSPS) is 24.9. The number of hydrogen-bond acceptors (Lipinski definition) is 3. The third-order valence-electron chi connectivity index (χ3n) is 4.68. The van der Waals surface area contributed by atoms with Crippen molar-refractivity contribution in [2.45, 2.75) is 52.1 Å². The van der Waals surface area contributed by atoms with Gasteiger partial charge in [0, 0.05) is 12.8 Å². The van der Waals surface area contributed by atoms with Crippen LogP contribution in [0.2, 0.25) is 0 Å². The van der Waals surface area contributed by atoms with E-state index in [0.29, 0.717) is 5.92 Å². The van der Waals surface area contributed by atoms with E-state index in [1.807, 2.05) is 26.0 Å². The smallest absolute Gasteiger partial charge is 0.256 e. The highest BCUT2D eigenvalue weighted by Crippen LogP contribution is 2.36. The van der Waals surface area contributed by atoms with Gasteiger partial charge in [-0.05, 0) is 62.3 Å². The number of carbonyl (C=O) groups is 1. The third-order valence-corrected chi connectivity index (χ3v) is 4.68. The van der Waals surface area contributed by atoms with Gasteiger partial charge in [0.15, 0.2) is 0 Å². The molecule has 1 aromatic rings. The summed E-state index contributed by atoms with van der Waals surface area (Å²) < 4.78 is 11.0. The Kier molecular flexibility index (Phi) is 5.12. The molecule has 1 aromatic carbocycles. The Morgan fingerprint density at radius 2 is 1.91 bits per heavy atom. The number of methoxy groups -OCH3 is 2. The van der Waals surface area contributed by atoms with Crippen LogP contribution < -0.4 is 10.1 Å². The standard InChI is InChI=1S/C18H27NO3/c1-12-7-6-8-18(11-12,22-5)17(20)19-15-9-13(2)16(21-4)14(3)10-15/h9-10,12H,6-8,11H2,1-5H3,(H,19,20)/t12-,18-/m1/s1. The van der Waals surface area contributed by atoms with Gasteiger partial charge in [0.05, 0.1) is 7.11 Å². The number of benzene rings is 1. The molecule has 0 heterocycles. The zero-order valence-electron chi connectivity index (χ0n) is 14.3. The van der Waals surface area contributed by atoms with Crippen LogP contribution in [0.15, 0.2) is 12.1 Å². The number of rotatable bonds is 4. The van der Waals surface area contributed by atoms with E-state index >= 15 is 0 Å². The highest BCUT2D eigenvalue weighted by Gasteiger charge is 2.42. The third kappa shape index (κ3) is 3.27. The van der Waals surface area contributed by atoms with E-state index in [0.717, 1.165) is 41.8 Å². The Labute approximate surface area is 133 Å². The summed E-state index contributed by atoms with van der Waals surface area (Å²) in [5, 5.41) is 3.04. The van der Waals surface area contributed by atoms with Gasteiger partial charge in [0.2, 0.25) is 0 Å². The number of anilines is 1. The fourth-order valence-corrected chi connectivity index (χ4v) is 3.58. The van der Waals surface area contributed by atoms with Gasteiger partial charge < -0.3 is 14.8 Å². The monoisotopic (exact) mass is 305 g/mol. The fraction of sp³-hybridized carbons (Fsp3) is 0.611. The molecule has 0 bridgehead atoms. The molecule has 122 valence electrons. The lowest BCUT2D eigenvalue weighted by atomic mass is 9.78. The highest BCUT2D eigenvalue weighted by atomic mass is 16.5. The first kappa shape index (κ1) is 16.8. The maximum absolute atomic E-state index is 12.8. The second-order valence-electron chi connectivity index (χ2n) is 6.50. The number of hydrogen-bond donors (Lipinski definition) is 1. The van der Waals surface area contributed by atoms with Crippen molar-refractivity contribution in [3.8, 4) is 5.75 Å². The van der Waals surface area contributed by atoms with E-state index in [1.165, 1.54) is 6.42 Å². The van der Waals surface area contributed by atoms with Crippen LogP contribution >= 0.6 is 0 Å². The molecule has 0 saturated heterocycles. The first-order chi connectivity index (χ1) is 10.4. The van der Waals surface area contributed by atoms with Crippen molar-refractivity contribution in [2.24, 2.45) is 5.92 Å². The van der Waals surface area contributed by atoms with Gasteiger partial charge in [-0.2, -0.15) is 0 Å². The summed E-state index contributed by atoms with van der Waals surface area (Å²) in [5.74, 6) is 1.34. The molecule has 22 heavy (non-hydrogen) atoms. The molecule has 0 aromatic heterocycles. The molecule has 1 saturated carbocycles. The Bertz CT molecular complexity index is 532. The van der Waals surface area contributed by atoms with Crippen LogP contribution in [0.25, 0.3) is 0 Å². The van der Waals surface area contributed by atoms with E-state index < -0.39 is 5.60 Å². The first-order valence-corrected chi connectivity index (χ1v) is 7.93. The zero-order chi connectivity index (χ0) is 16.3. The number of aryl methyl sites for hydroxylation is 2. The molecule has 0 radical (unpaired) electrons. The quantitative estimate of drug-likeness (QED) is 0.919. The Hall–Kier alpha value is -1.55. The second kappa shape index (κ2) is 6.69. The highest BCUT2D eigenvalue weighted by molar-refractivity contribution is 5.97. The van der Waals surface area contributed by atoms with Gasteiger partial charge in [-0.15, -0.1) is 0 Å². The van der Waals surface area contributed by atoms with Crippen LogP contribution in [0, 0.1) is 19.8 Å². The van der Waals surface area contributed by atoms with E-state index in [-0.39, 0.29) is 5.91 Å². The number of carbonyl (C=O) groups excluding carboxylic acids is 1. The van der Waals surface area contributed by atoms with Crippen LogP contribution in [0.1, 0.15) is 43.7 Å². The van der Waals surface area contributed by atoms with Gasteiger partial charge in [-0.3, -0.25) is 4.79 Å². The lowest BCUT2D eigenvalue weighted by Crippen LogP contribution is -2.47. The van der Waals surface area contributed by atoms with Gasteiger partial charge in [0.25, 0.3) is 5.91 Å². The molecule has 4 heteroatoms. The number of amides is 1. The molecular formula is C18H27NO3. The van der Waals surface area contributed by atoms with Crippen LogP contribution in [0.4, 0.5) is 5.69 Å². The van der Waals surface area contributed by atoms with E-state index in [4.69, 9.17) is 9.47 Å². The second-order valence-corrected chi connectivity index (χ2v) is 6.50. The van der Waals surface area contributed by atoms with E-state index in [1.54, 1.807) is 14.2 Å². The SMILES string of the molecule is COc1c(C)cc(NC(=O)[C@@]2(OC)CCC[C@@H](C)C2)cc1C. The first-order valence-electron chi connectivity index (χ1n) is 7.93. The summed E-state index contributed by atoms with van der Waals surface area (Å²) in [7, 11) is 3.30. The van der Waals surface area contributed by atoms with Crippen molar-refractivity contribution < 1.29 is 14.3 Å². The Balaban J connectivity index is 2.20. The van der Waals surface area contributed by atoms with Gasteiger partial charge in [0.1, 0.15) is 11.4 Å². The van der Waals surface area contributed by atoms with Gasteiger partial charge in [-0.25, -0.2) is 0 Å². The number of ether oxygens (including phenoxy) is 2.